The number of benzene rings is 2. The monoisotopic (exact) mass is 258 g/mol. The van der Waals surface area contributed by atoms with Gasteiger partial charge in [0.05, 0.1) is 0 Å². The van der Waals surface area contributed by atoms with Crippen LogP contribution in [0.4, 0.5) is 0 Å². The third-order valence-electron chi connectivity index (χ3n) is 3.29. The summed E-state index contributed by atoms with van der Waals surface area (Å²) >= 11 is 0. The minimum Gasteiger partial charge on any atom is -0.508 e. The van der Waals surface area contributed by atoms with Crippen LogP contribution in [-0.2, 0) is 12.8 Å². The van der Waals surface area contributed by atoms with Crippen molar-refractivity contribution in [2.75, 3.05) is 0 Å². The van der Waals surface area contributed by atoms with E-state index in [0.717, 1.165) is 24.0 Å². The molecular formula is C16H18O3. The first-order valence-electron chi connectivity index (χ1n) is 6.43. The van der Waals surface area contributed by atoms with E-state index in [1.807, 2.05) is 13.0 Å². The number of phenolic OH excluding ortho intramolecular Hbond substituents is 3. The highest BCUT2D eigenvalue weighted by atomic mass is 16.3. The first-order chi connectivity index (χ1) is 9.05. The lowest BCUT2D eigenvalue weighted by Gasteiger charge is -2.12. The summed E-state index contributed by atoms with van der Waals surface area (Å²) in [4.78, 5) is 0. The summed E-state index contributed by atoms with van der Waals surface area (Å²) in [6.45, 7) is 4.11. The summed E-state index contributed by atoms with van der Waals surface area (Å²) in [6.07, 6.45) is 1.74. The molecule has 0 heterocycles. The Hall–Kier alpha value is -2.16. The SMILES string of the molecule is CCc1cc(O)c(-c2cc(O)cc(O)c2)cc1CC. The zero-order chi connectivity index (χ0) is 14.0. The van der Waals surface area contributed by atoms with Crippen molar-refractivity contribution in [3.8, 4) is 28.4 Å². The van der Waals surface area contributed by atoms with Gasteiger partial charge in [-0.15, -0.1) is 0 Å². The van der Waals surface area contributed by atoms with Gasteiger partial charge in [-0.3, -0.25) is 0 Å². The smallest absolute Gasteiger partial charge is 0.123 e. The van der Waals surface area contributed by atoms with Crippen LogP contribution < -0.4 is 0 Å². The molecule has 2 aromatic rings. The summed E-state index contributed by atoms with van der Waals surface area (Å²) in [5.41, 5.74) is 3.51. The lowest BCUT2D eigenvalue weighted by molar-refractivity contribution is 0.451. The van der Waals surface area contributed by atoms with Crippen molar-refractivity contribution in [2.45, 2.75) is 26.7 Å². The Balaban J connectivity index is 2.61. The molecule has 19 heavy (non-hydrogen) atoms. The predicted octanol–water partition coefficient (Wildman–Crippen LogP) is 3.60. The molecule has 0 aliphatic heterocycles. The molecule has 0 saturated heterocycles. The van der Waals surface area contributed by atoms with E-state index in [4.69, 9.17) is 0 Å². The van der Waals surface area contributed by atoms with Crippen molar-refractivity contribution in [1.29, 1.82) is 0 Å². The topological polar surface area (TPSA) is 60.7 Å². The Labute approximate surface area is 112 Å². The molecule has 0 aliphatic rings. The third-order valence-corrected chi connectivity index (χ3v) is 3.29. The predicted molar refractivity (Wildman–Crippen MR) is 75.6 cm³/mol. The largest absolute Gasteiger partial charge is 0.508 e. The molecule has 3 heteroatoms. The van der Waals surface area contributed by atoms with Crippen LogP contribution in [-0.4, -0.2) is 15.3 Å². The van der Waals surface area contributed by atoms with Gasteiger partial charge in [-0.2, -0.15) is 0 Å². The van der Waals surface area contributed by atoms with Crippen molar-refractivity contribution < 1.29 is 15.3 Å². The van der Waals surface area contributed by atoms with Crippen LogP contribution in [0.15, 0.2) is 30.3 Å². The molecule has 0 unspecified atom stereocenters. The number of rotatable bonds is 3. The first-order valence-corrected chi connectivity index (χ1v) is 6.43. The normalized spacial score (nSPS) is 10.6. The van der Waals surface area contributed by atoms with Gasteiger partial charge >= 0.3 is 0 Å². The fourth-order valence-corrected chi connectivity index (χ4v) is 2.32. The van der Waals surface area contributed by atoms with Crippen LogP contribution in [0, 0.1) is 0 Å². The number of phenols is 3. The molecule has 0 fully saturated rings. The second-order valence-corrected chi connectivity index (χ2v) is 4.58. The van der Waals surface area contributed by atoms with Gasteiger partial charge in [-0.1, -0.05) is 13.8 Å². The molecule has 0 aromatic heterocycles. The molecule has 0 saturated carbocycles. The molecule has 0 spiro atoms. The van der Waals surface area contributed by atoms with Crippen molar-refractivity contribution in [1.82, 2.24) is 0 Å². The van der Waals surface area contributed by atoms with Crippen LogP contribution in [0.25, 0.3) is 11.1 Å². The second-order valence-electron chi connectivity index (χ2n) is 4.58. The Bertz CT molecular complexity index is 583. The van der Waals surface area contributed by atoms with Gasteiger partial charge in [0.15, 0.2) is 0 Å². The molecule has 100 valence electrons. The molecule has 0 aliphatic carbocycles. The number of hydrogen-bond acceptors (Lipinski definition) is 3. The van der Waals surface area contributed by atoms with Gasteiger partial charge in [0.25, 0.3) is 0 Å². The van der Waals surface area contributed by atoms with E-state index in [-0.39, 0.29) is 17.2 Å². The zero-order valence-corrected chi connectivity index (χ0v) is 11.1. The molecular weight excluding hydrogens is 240 g/mol. The Morgan fingerprint density at radius 3 is 1.79 bits per heavy atom. The fourth-order valence-electron chi connectivity index (χ4n) is 2.32. The summed E-state index contributed by atoms with van der Waals surface area (Å²) in [7, 11) is 0. The van der Waals surface area contributed by atoms with Crippen molar-refractivity contribution in [3.63, 3.8) is 0 Å². The minimum atomic E-state index is -0.0213. The Kier molecular flexibility index (Phi) is 3.65. The number of aryl methyl sites for hydroxylation is 2. The minimum absolute atomic E-state index is 0.0213. The third kappa shape index (κ3) is 2.65. The van der Waals surface area contributed by atoms with Gasteiger partial charge in [0.1, 0.15) is 17.2 Å². The van der Waals surface area contributed by atoms with Gasteiger partial charge in [-0.05, 0) is 53.8 Å². The van der Waals surface area contributed by atoms with E-state index in [0.29, 0.717) is 11.1 Å². The molecule has 0 amide bonds. The molecule has 0 bridgehead atoms. The average Bonchev–Trinajstić information content (AvgIpc) is 2.37. The van der Waals surface area contributed by atoms with Gasteiger partial charge < -0.3 is 15.3 Å². The summed E-state index contributed by atoms with van der Waals surface area (Å²) in [6, 6.07) is 8.00. The number of aromatic hydroxyl groups is 3. The van der Waals surface area contributed by atoms with E-state index in [9.17, 15) is 15.3 Å². The highest BCUT2D eigenvalue weighted by molar-refractivity contribution is 5.74. The van der Waals surface area contributed by atoms with Gasteiger partial charge in [0.2, 0.25) is 0 Å². The van der Waals surface area contributed by atoms with E-state index in [2.05, 4.69) is 6.92 Å². The van der Waals surface area contributed by atoms with Crippen molar-refractivity contribution >= 4 is 0 Å². The fraction of sp³-hybridized carbons (Fsp3) is 0.250. The van der Waals surface area contributed by atoms with E-state index in [1.165, 1.54) is 18.2 Å². The van der Waals surface area contributed by atoms with Crippen molar-refractivity contribution in [3.05, 3.63) is 41.5 Å². The van der Waals surface area contributed by atoms with E-state index < -0.39 is 0 Å². The second kappa shape index (κ2) is 5.22. The zero-order valence-electron chi connectivity index (χ0n) is 11.1. The lowest BCUT2D eigenvalue weighted by Crippen LogP contribution is -1.92. The van der Waals surface area contributed by atoms with Crippen LogP contribution in [0.2, 0.25) is 0 Å². The molecule has 3 N–H and O–H groups in total. The molecule has 3 nitrogen and oxygen atoms in total. The maximum Gasteiger partial charge on any atom is 0.123 e. The summed E-state index contributed by atoms with van der Waals surface area (Å²) < 4.78 is 0. The summed E-state index contributed by atoms with van der Waals surface area (Å²) in [5, 5.41) is 29.2. The van der Waals surface area contributed by atoms with Crippen LogP contribution in [0.3, 0.4) is 0 Å². The Morgan fingerprint density at radius 1 is 0.737 bits per heavy atom. The van der Waals surface area contributed by atoms with Crippen LogP contribution in [0.5, 0.6) is 17.2 Å². The van der Waals surface area contributed by atoms with E-state index >= 15 is 0 Å². The van der Waals surface area contributed by atoms with Gasteiger partial charge in [0, 0.05) is 11.6 Å². The molecule has 2 aromatic carbocycles. The number of hydrogen-bond donors (Lipinski definition) is 3. The highest BCUT2D eigenvalue weighted by Crippen LogP contribution is 2.36. The lowest BCUT2D eigenvalue weighted by atomic mass is 9.95. The highest BCUT2D eigenvalue weighted by Gasteiger charge is 2.11. The average molecular weight is 258 g/mol. The van der Waals surface area contributed by atoms with E-state index in [1.54, 1.807) is 6.07 Å². The van der Waals surface area contributed by atoms with Crippen LogP contribution >= 0.6 is 0 Å². The molecule has 0 atom stereocenters. The first kappa shape index (κ1) is 13.3. The van der Waals surface area contributed by atoms with Crippen LogP contribution in [0.1, 0.15) is 25.0 Å². The maximum atomic E-state index is 10.1. The Morgan fingerprint density at radius 2 is 1.26 bits per heavy atom. The standard InChI is InChI=1S/C16H18O3/c1-3-10-7-15(16(19)8-11(10)4-2)12-5-13(17)9-14(18)6-12/h5-9,17-19H,3-4H2,1-2H3. The summed E-state index contributed by atoms with van der Waals surface area (Å²) in [5.74, 6) is 0.123. The maximum absolute atomic E-state index is 10.1. The van der Waals surface area contributed by atoms with Gasteiger partial charge in [-0.25, -0.2) is 0 Å². The quantitative estimate of drug-likeness (QED) is 0.788. The molecule has 0 radical (unpaired) electrons. The molecule has 2 rings (SSSR count). The van der Waals surface area contributed by atoms with Crippen molar-refractivity contribution in [2.24, 2.45) is 0 Å².